The van der Waals surface area contributed by atoms with Crippen LogP contribution in [0.25, 0.3) is 0 Å². The molecule has 0 saturated heterocycles. The van der Waals surface area contributed by atoms with Gasteiger partial charge < -0.3 is 15.4 Å². The molecule has 0 radical (unpaired) electrons. The number of nitrogens with zero attached hydrogens (tertiary/aromatic N) is 1. The van der Waals surface area contributed by atoms with Gasteiger partial charge in [-0.1, -0.05) is 6.92 Å². The molecule has 0 heterocycles. The number of ether oxygens (including phenoxy) is 1. The number of esters is 1. The van der Waals surface area contributed by atoms with Crippen molar-refractivity contribution < 1.29 is 9.53 Å². The van der Waals surface area contributed by atoms with E-state index >= 15 is 0 Å². The second kappa shape index (κ2) is 9.10. The summed E-state index contributed by atoms with van der Waals surface area (Å²) in [7, 11) is 1.41. The fourth-order valence-electron chi connectivity index (χ4n) is 2.30. The highest BCUT2D eigenvalue weighted by Gasteiger charge is 2.24. The molecule has 0 aromatic heterocycles. The van der Waals surface area contributed by atoms with Gasteiger partial charge in [0.1, 0.15) is 0 Å². The van der Waals surface area contributed by atoms with E-state index in [2.05, 4.69) is 21.9 Å². The first kappa shape index (κ1) is 17.1. The van der Waals surface area contributed by atoms with Gasteiger partial charge in [0.15, 0.2) is 5.96 Å². The molecule has 0 amide bonds. The number of rotatable bonds is 6. The molecule has 2 N–H and O–H groups in total. The fourth-order valence-corrected chi connectivity index (χ4v) is 3.10. The summed E-state index contributed by atoms with van der Waals surface area (Å²) in [4.78, 5) is 15.9. The molecule has 20 heavy (non-hydrogen) atoms. The molecule has 0 aromatic rings. The highest BCUT2D eigenvalue weighted by atomic mass is 32.2. The van der Waals surface area contributed by atoms with Crippen molar-refractivity contribution in [2.24, 2.45) is 10.9 Å². The number of guanidine groups is 1. The zero-order valence-corrected chi connectivity index (χ0v) is 13.8. The number of thioether (sulfide) groups is 1. The quantitative estimate of drug-likeness (QED) is 0.443. The zero-order valence-electron chi connectivity index (χ0n) is 12.9. The van der Waals surface area contributed by atoms with Crippen LogP contribution >= 0.6 is 11.8 Å². The standard InChI is InChI=1S/C14H27N3O2S/c1-5-15-14(16-9-10(2)13(18)19-3)17-11-6-7-12(8-11)20-4/h10-12H,5-9H2,1-4H3,(H2,15,16,17). The van der Waals surface area contributed by atoms with Crippen LogP contribution in [0.15, 0.2) is 4.99 Å². The molecule has 1 rings (SSSR count). The van der Waals surface area contributed by atoms with E-state index in [0.29, 0.717) is 12.6 Å². The van der Waals surface area contributed by atoms with Gasteiger partial charge in [0.2, 0.25) is 0 Å². The SMILES string of the molecule is CCNC(=NCC(C)C(=O)OC)NC1CCC(SC)C1. The third-order valence-electron chi connectivity index (χ3n) is 3.53. The maximum Gasteiger partial charge on any atom is 0.310 e. The smallest absolute Gasteiger partial charge is 0.310 e. The van der Waals surface area contributed by atoms with Gasteiger partial charge in [0, 0.05) is 17.8 Å². The topological polar surface area (TPSA) is 62.7 Å². The van der Waals surface area contributed by atoms with E-state index in [0.717, 1.165) is 17.8 Å². The molecule has 116 valence electrons. The Labute approximate surface area is 126 Å². The summed E-state index contributed by atoms with van der Waals surface area (Å²) < 4.78 is 4.71. The number of aliphatic imine (C=N–C) groups is 1. The fraction of sp³-hybridized carbons (Fsp3) is 0.857. The Balaban J connectivity index is 2.49. The van der Waals surface area contributed by atoms with Gasteiger partial charge in [0.05, 0.1) is 19.6 Å². The molecule has 1 saturated carbocycles. The molecule has 0 spiro atoms. The molecule has 5 nitrogen and oxygen atoms in total. The van der Waals surface area contributed by atoms with Gasteiger partial charge in [-0.3, -0.25) is 9.79 Å². The predicted octanol–water partition coefficient (Wildman–Crippen LogP) is 1.63. The van der Waals surface area contributed by atoms with Crippen molar-refractivity contribution in [3.8, 4) is 0 Å². The Morgan fingerprint density at radius 1 is 1.50 bits per heavy atom. The second-order valence-electron chi connectivity index (χ2n) is 5.16. The molecule has 6 heteroatoms. The number of nitrogens with one attached hydrogen (secondary N) is 2. The van der Waals surface area contributed by atoms with Crippen molar-refractivity contribution in [3.63, 3.8) is 0 Å². The van der Waals surface area contributed by atoms with Crippen molar-refractivity contribution >= 4 is 23.7 Å². The Bertz CT molecular complexity index is 336. The summed E-state index contributed by atoms with van der Waals surface area (Å²) >= 11 is 1.94. The monoisotopic (exact) mass is 301 g/mol. The molecule has 0 aliphatic heterocycles. The number of hydrogen-bond acceptors (Lipinski definition) is 4. The first-order chi connectivity index (χ1) is 9.60. The number of hydrogen-bond donors (Lipinski definition) is 2. The molecule has 3 unspecified atom stereocenters. The average molecular weight is 301 g/mol. The van der Waals surface area contributed by atoms with Crippen molar-refractivity contribution in [2.75, 3.05) is 26.5 Å². The van der Waals surface area contributed by atoms with Gasteiger partial charge >= 0.3 is 5.97 Å². The maximum atomic E-state index is 11.4. The molecule has 1 aliphatic carbocycles. The van der Waals surface area contributed by atoms with Crippen molar-refractivity contribution in [1.29, 1.82) is 0 Å². The van der Waals surface area contributed by atoms with E-state index in [1.165, 1.54) is 26.4 Å². The summed E-state index contributed by atoms with van der Waals surface area (Å²) in [5.74, 6) is 0.376. The molecule has 0 aromatic carbocycles. The first-order valence-electron chi connectivity index (χ1n) is 7.26. The Kier molecular flexibility index (Phi) is 7.80. The summed E-state index contributed by atoms with van der Waals surface area (Å²) in [6.45, 7) is 5.14. The number of carbonyl (C=O) groups is 1. The summed E-state index contributed by atoms with van der Waals surface area (Å²) in [6, 6.07) is 0.485. The van der Waals surface area contributed by atoms with Crippen LogP contribution in [0.1, 0.15) is 33.1 Å². The third-order valence-corrected chi connectivity index (χ3v) is 4.62. The average Bonchev–Trinajstić information content (AvgIpc) is 2.91. The summed E-state index contributed by atoms with van der Waals surface area (Å²) in [5.41, 5.74) is 0. The molecule has 1 aliphatic rings. The molecular weight excluding hydrogens is 274 g/mol. The van der Waals surface area contributed by atoms with Gasteiger partial charge in [-0.25, -0.2) is 0 Å². The third kappa shape index (κ3) is 5.61. The van der Waals surface area contributed by atoms with Gasteiger partial charge in [0.25, 0.3) is 0 Å². The van der Waals surface area contributed by atoms with Crippen molar-refractivity contribution in [3.05, 3.63) is 0 Å². The van der Waals surface area contributed by atoms with Crippen LogP contribution in [0.5, 0.6) is 0 Å². The Hall–Kier alpha value is -0.910. The van der Waals surface area contributed by atoms with Crippen LogP contribution in [-0.4, -0.2) is 49.7 Å². The van der Waals surface area contributed by atoms with Crippen molar-refractivity contribution in [2.45, 2.75) is 44.4 Å². The van der Waals surface area contributed by atoms with Crippen LogP contribution in [0.2, 0.25) is 0 Å². The lowest BCUT2D eigenvalue weighted by Gasteiger charge is -2.17. The summed E-state index contributed by atoms with van der Waals surface area (Å²) in [5, 5.41) is 7.46. The molecule has 1 fully saturated rings. The van der Waals surface area contributed by atoms with E-state index in [1.807, 2.05) is 25.6 Å². The van der Waals surface area contributed by atoms with E-state index in [-0.39, 0.29) is 11.9 Å². The van der Waals surface area contributed by atoms with Crippen molar-refractivity contribution in [1.82, 2.24) is 10.6 Å². The second-order valence-corrected chi connectivity index (χ2v) is 6.29. The lowest BCUT2D eigenvalue weighted by molar-refractivity contribution is -0.144. The van der Waals surface area contributed by atoms with Crippen LogP contribution < -0.4 is 10.6 Å². The summed E-state index contributed by atoms with van der Waals surface area (Å²) in [6.07, 6.45) is 5.79. The lowest BCUT2D eigenvalue weighted by atomic mass is 10.2. The van der Waals surface area contributed by atoms with E-state index in [9.17, 15) is 4.79 Å². The molecular formula is C14H27N3O2S. The highest BCUT2D eigenvalue weighted by molar-refractivity contribution is 7.99. The van der Waals surface area contributed by atoms with E-state index in [4.69, 9.17) is 4.74 Å². The van der Waals surface area contributed by atoms with Crippen LogP contribution in [-0.2, 0) is 9.53 Å². The Morgan fingerprint density at radius 3 is 2.80 bits per heavy atom. The minimum Gasteiger partial charge on any atom is -0.469 e. The van der Waals surface area contributed by atoms with Gasteiger partial charge in [-0.2, -0.15) is 11.8 Å². The normalized spacial score (nSPS) is 24.3. The first-order valence-corrected chi connectivity index (χ1v) is 8.54. The van der Waals surface area contributed by atoms with E-state index in [1.54, 1.807) is 0 Å². The molecule has 0 bridgehead atoms. The number of methoxy groups -OCH3 is 1. The van der Waals surface area contributed by atoms with Crippen LogP contribution in [0.4, 0.5) is 0 Å². The van der Waals surface area contributed by atoms with E-state index < -0.39 is 0 Å². The van der Waals surface area contributed by atoms with Gasteiger partial charge in [-0.15, -0.1) is 0 Å². The molecule has 3 atom stereocenters. The minimum atomic E-state index is -0.215. The lowest BCUT2D eigenvalue weighted by Crippen LogP contribution is -2.43. The largest absolute Gasteiger partial charge is 0.469 e. The van der Waals surface area contributed by atoms with Crippen LogP contribution in [0.3, 0.4) is 0 Å². The maximum absolute atomic E-state index is 11.4. The predicted molar refractivity (Wildman–Crippen MR) is 85.2 cm³/mol. The van der Waals surface area contributed by atoms with Gasteiger partial charge in [-0.05, 0) is 32.4 Å². The zero-order chi connectivity index (χ0) is 15.0. The van der Waals surface area contributed by atoms with Crippen LogP contribution in [0, 0.1) is 5.92 Å². The minimum absolute atomic E-state index is 0.210. The number of carbonyl (C=O) groups excluding carboxylic acids is 1. The highest BCUT2D eigenvalue weighted by Crippen LogP contribution is 2.27. The Morgan fingerprint density at radius 2 is 2.25 bits per heavy atom.